The molecule has 0 aliphatic rings. The molecular formula is C25H27N3O2. The topological polar surface area (TPSA) is 48.7 Å². The van der Waals surface area contributed by atoms with Crippen LogP contribution in [0.15, 0.2) is 60.9 Å². The van der Waals surface area contributed by atoms with E-state index in [2.05, 4.69) is 38.8 Å². The largest absolute Gasteiger partial charge is 0.491 e. The first-order valence-electron chi connectivity index (χ1n) is 10.3. The Morgan fingerprint density at radius 3 is 2.17 bits per heavy atom. The van der Waals surface area contributed by atoms with Gasteiger partial charge in [-0.3, -0.25) is 4.40 Å². The summed E-state index contributed by atoms with van der Waals surface area (Å²) in [6.07, 6.45) is 4.27. The van der Waals surface area contributed by atoms with Crippen LogP contribution in [-0.4, -0.2) is 26.6 Å². The monoisotopic (exact) mass is 401 g/mol. The fourth-order valence-electron chi connectivity index (χ4n) is 3.46. The first-order chi connectivity index (χ1) is 14.4. The van der Waals surface area contributed by atoms with Gasteiger partial charge in [-0.25, -0.2) is 9.97 Å². The molecule has 5 nitrogen and oxygen atoms in total. The van der Waals surface area contributed by atoms with E-state index in [0.29, 0.717) is 5.88 Å². The maximum atomic E-state index is 5.75. The van der Waals surface area contributed by atoms with Gasteiger partial charge in [-0.2, -0.15) is 0 Å². The number of hydrogen-bond donors (Lipinski definition) is 0. The summed E-state index contributed by atoms with van der Waals surface area (Å²) in [4.78, 5) is 9.19. The fraction of sp³-hybridized carbons (Fsp3) is 0.280. The normalized spacial score (nSPS) is 11.4. The second kappa shape index (κ2) is 8.19. The summed E-state index contributed by atoms with van der Waals surface area (Å²) < 4.78 is 13.6. The van der Waals surface area contributed by atoms with Crippen molar-refractivity contribution in [2.75, 3.05) is 0 Å². The van der Waals surface area contributed by atoms with Crippen molar-refractivity contribution in [2.45, 2.75) is 46.8 Å². The van der Waals surface area contributed by atoms with Gasteiger partial charge in [0.2, 0.25) is 5.88 Å². The molecule has 3 aromatic heterocycles. The molecule has 4 aromatic rings. The van der Waals surface area contributed by atoms with Crippen molar-refractivity contribution < 1.29 is 9.47 Å². The van der Waals surface area contributed by atoms with E-state index < -0.39 is 0 Å². The zero-order valence-electron chi connectivity index (χ0n) is 18.1. The SMILES string of the molecule is Cc1nc(OC(C)C)ccc1-c1cnc2ccc(-c3ccc(OC(C)C)cc3)cn12. The highest BCUT2D eigenvalue weighted by atomic mass is 16.5. The van der Waals surface area contributed by atoms with Crippen molar-refractivity contribution >= 4 is 5.65 Å². The highest BCUT2D eigenvalue weighted by Crippen LogP contribution is 2.29. The molecule has 0 fully saturated rings. The molecule has 0 spiro atoms. The minimum atomic E-state index is 0.0958. The lowest BCUT2D eigenvalue weighted by Crippen LogP contribution is -2.07. The predicted octanol–water partition coefficient (Wildman–Crippen LogP) is 5.95. The van der Waals surface area contributed by atoms with Crippen molar-refractivity contribution in [3.05, 3.63) is 66.6 Å². The summed E-state index contributed by atoms with van der Waals surface area (Å²) in [6, 6.07) is 16.3. The number of imidazole rings is 1. The van der Waals surface area contributed by atoms with E-state index in [0.717, 1.165) is 39.5 Å². The Labute approximate surface area is 177 Å². The van der Waals surface area contributed by atoms with Gasteiger partial charge in [0.05, 0.1) is 29.8 Å². The molecule has 5 heteroatoms. The summed E-state index contributed by atoms with van der Waals surface area (Å²) in [7, 11) is 0. The lowest BCUT2D eigenvalue weighted by molar-refractivity contribution is 0.232. The Kier molecular flexibility index (Phi) is 5.44. The molecule has 0 atom stereocenters. The van der Waals surface area contributed by atoms with Crippen LogP contribution in [0.3, 0.4) is 0 Å². The summed E-state index contributed by atoms with van der Waals surface area (Å²) in [5.74, 6) is 1.52. The molecule has 0 aliphatic carbocycles. The van der Waals surface area contributed by atoms with Crippen LogP contribution in [0.5, 0.6) is 11.6 Å². The fourth-order valence-corrected chi connectivity index (χ4v) is 3.46. The lowest BCUT2D eigenvalue weighted by Gasteiger charge is -2.12. The molecule has 0 N–H and O–H groups in total. The average molecular weight is 402 g/mol. The number of hydrogen-bond acceptors (Lipinski definition) is 4. The second-order valence-electron chi connectivity index (χ2n) is 7.93. The number of benzene rings is 1. The molecule has 0 saturated carbocycles. The molecule has 1 aromatic carbocycles. The number of rotatable bonds is 6. The van der Waals surface area contributed by atoms with Crippen LogP contribution in [-0.2, 0) is 0 Å². The third-order valence-electron chi connectivity index (χ3n) is 4.76. The van der Waals surface area contributed by atoms with Crippen LogP contribution in [0.2, 0.25) is 0 Å². The van der Waals surface area contributed by atoms with Crippen LogP contribution in [0.25, 0.3) is 28.0 Å². The molecule has 0 radical (unpaired) electrons. The molecule has 0 aliphatic heterocycles. The Balaban J connectivity index is 1.70. The van der Waals surface area contributed by atoms with Gasteiger partial charge in [0, 0.05) is 17.8 Å². The average Bonchev–Trinajstić information content (AvgIpc) is 3.11. The minimum Gasteiger partial charge on any atom is -0.491 e. The van der Waals surface area contributed by atoms with Crippen LogP contribution in [0.4, 0.5) is 0 Å². The first kappa shape index (κ1) is 20.0. The van der Waals surface area contributed by atoms with Gasteiger partial charge in [0.1, 0.15) is 11.4 Å². The smallest absolute Gasteiger partial charge is 0.213 e. The van der Waals surface area contributed by atoms with Gasteiger partial charge in [-0.1, -0.05) is 12.1 Å². The van der Waals surface area contributed by atoms with Gasteiger partial charge < -0.3 is 9.47 Å². The van der Waals surface area contributed by atoms with E-state index in [1.807, 2.05) is 71.1 Å². The number of fused-ring (bicyclic) bond motifs is 1. The van der Waals surface area contributed by atoms with Gasteiger partial charge in [0.15, 0.2) is 0 Å². The Morgan fingerprint density at radius 1 is 0.800 bits per heavy atom. The summed E-state index contributed by atoms with van der Waals surface area (Å²) in [5, 5.41) is 0. The standard InChI is InChI=1S/C25H27N3O2/c1-16(2)29-21-9-6-19(7-10-21)20-8-12-24-26-14-23(28(24)15-20)22-11-13-25(27-18(22)5)30-17(3)4/h6-17H,1-5H3. The highest BCUT2D eigenvalue weighted by molar-refractivity contribution is 5.70. The molecule has 0 unspecified atom stereocenters. The van der Waals surface area contributed by atoms with Crippen LogP contribution in [0.1, 0.15) is 33.4 Å². The molecule has 30 heavy (non-hydrogen) atoms. The lowest BCUT2D eigenvalue weighted by atomic mass is 10.1. The molecular weight excluding hydrogens is 374 g/mol. The third-order valence-corrected chi connectivity index (χ3v) is 4.76. The maximum absolute atomic E-state index is 5.75. The van der Waals surface area contributed by atoms with Crippen LogP contribution < -0.4 is 9.47 Å². The molecule has 4 rings (SSSR count). The first-order valence-corrected chi connectivity index (χ1v) is 10.3. The molecule has 0 bridgehead atoms. The number of ether oxygens (including phenoxy) is 2. The van der Waals surface area contributed by atoms with E-state index in [9.17, 15) is 0 Å². The Hall–Kier alpha value is -3.34. The second-order valence-corrected chi connectivity index (χ2v) is 7.93. The zero-order valence-corrected chi connectivity index (χ0v) is 18.1. The van der Waals surface area contributed by atoms with E-state index in [1.54, 1.807) is 0 Å². The molecule has 154 valence electrons. The van der Waals surface area contributed by atoms with Crippen molar-refractivity contribution in [3.8, 4) is 34.0 Å². The Morgan fingerprint density at radius 2 is 1.50 bits per heavy atom. The van der Waals surface area contributed by atoms with Crippen LogP contribution >= 0.6 is 0 Å². The van der Waals surface area contributed by atoms with Crippen molar-refractivity contribution in [1.29, 1.82) is 0 Å². The summed E-state index contributed by atoms with van der Waals surface area (Å²) in [6.45, 7) is 10.1. The zero-order chi connectivity index (χ0) is 21.3. The highest BCUT2D eigenvalue weighted by Gasteiger charge is 2.12. The predicted molar refractivity (Wildman–Crippen MR) is 120 cm³/mol. The molecule has 0 saturated heterocycles. The van der Waals surface area contributed by atoms with Gasteiger partial charge >= 0.3 is 0 Å². The number of nitrogens with zero attached hydrogens (tertiary/aromatic N) is 3. The van der Waals surface area contributed by atoms with Crippen LogP contribution in [0, 0.1) is 6.92 Å². The van der Waals surface area contributed by atoms with Crippen molar-refractivity contribution in [3.63, 3.8) is 0 Å². The van der Waals surface area contributed by atoms with Crippen molar-refractivity contribution in [2.24, 2.45) is 0 Å². The molecule has 0 amide bonds. The quantitative estimate of drug-likeness (QED) is 0.401. The summed E-state index contributed by atoms with van der Waals surface area (Å²) >= 11 is 0. The number of aryl methyl sites for hydroxylation is 1. The van der Waals surface area contributed by atoms with E-state index in [-0.39, 0.29) is 12.2 Å². The van der Waals surface area contributed by atoms with Crippen molar-refractivity contribution in [1.82, 2.24) is 14.4 Å². The van der Waals surface area contributed by atoms with Gasteiger partial charge in [-0.15, -0.1) is 0 Å². The van der Waals surface area contributed by atoms with E-state index in [4.69, 9.17) is 9.47 Å². The third kappa shape index (κ3) is 4.15. The molecule has 3 heterocycles. The minimum absolute atomic E-state index is 0.0958. The van der Waals surface area contributed by atoms with Gasteiger partial charge in [0.25, 0.3) is 0 Å². The van der Waals surface area contributed by atoms with E-state index in [1.165, 1.54) is 0 Å². The number of aromatic nitrogens is 3. The van der Waals surface area contributed by atoms with E-state index >= 15 is 0 Å². The van der Waals surface area contributed by atoms with Gasteiger partial charge in [-0.05, 0) is 76.1 Å². The maximum Gasteiger partial charge on any atom is 0.213 e. The number of pyridine rings is 2. The summed E-state index contributed by atoms with van der Waals surface area (Å²) in [5.41, 5.74) is 6.10. The Bertz CT molecular complexity index is 1160.